The molecule has 0 unspecified atom stereocenters. The fraction of sp³-hybridized carbons (Fsp3) is 0. The third-order valence-electron chi connectivity index (χ3n) is 13.8. The predicted octanol–water partition coefficient (Wildman–Crippen LogP) is 18.7. The van der Waals surface area contributed by atoms with E-state index in [1.165, 1.54) is 21.5 Å². The van der Waals surface area contributed by atoms with Crippen LogP contribution in [0, 0.1) is 0 Å². The van der Waals surface area contributed by atoms with Crippen molar-refractivity contribution < 1.29 is 9.60 Å². The lowest BCUT2D eigenvalue weighted by molar-refractivity contribution is 1.06. The van der Waals surface area contributed by atoms with E-state index in [0.29, 0.717) is 22.9 Å². The van der Waals surface area contributed by atoms with Crippen LogP contribution in [0.15, 0.2) is 267 Å². The molecule has 0 aliphatic rings. The molecule has 0 N–H and O–H groups in total. The number of para-hydroxylation sites is 3. The van der Waals surface area contributed by atoms with Crippen LogP contribution in [0.1, 0.15) is 9.60 Å². The van der Waals surface area contributed by atoms with Gasteiger partial charge in [-0.25, -0.2) is 15.0 Å². The normalized spacial score (nSPS) is 12.8. The van der Waals surface area contributed by atoms with Crippen LogP contribution in [-0.2, 0) is 0 Å². The van der Waals surface area contributed by atoms with Crippen molar-refractivity contribution in [1.29, 1.82) is 0 Å². The summed E-state index contributed by atoms with van der Waals surface area (Å²) in [7, 11) is 0. The average Bonchev–Trinajstić information content (AvgIpc) is 4.05. The Morgan fingerprint density at radius 2 is 0.784 bits per heavy atom. The van der Waals surface area contributed by atoms with E-state index in [1.807, 2.05) is 66.7 Å². The van der Waals surface area contributed by atoms with Crippen molar-refractivity contribution in [2.24, 2.45) is 0 Å². The van der Waals surface area contributed by atoms with Gasteiger partial charge in [-0.3, -0.25) is 0 Å². The molecule has 0 fully saturated rings. The van der Waals surface area contributed by atoms with Crippen molar-refractivity contribution in [3.05, 3.63) is 267 Å². The first kappa shape index (κ1) is 36.4. The Labute approximate surface area is 442 Å². The van der Waals surface area contributed by atoms with Gasteiger partial charge in [0.1, 0.15) is 0 Å². The molecule has 0 spiro atoms. The molecule has 11 aromatic carbocycles. The summed E-state index contributed by atoms with van der Waals surface area (Å²) in [5.41, 5.74) is 13.4. The smallest absolute Gasteiger partial charge is 0.166 e. The number of thiophene rings is 1. The minimum atomic E-state index is -0.470. The van der Waals surface area contributed by atoms with Gasteiger partial charge in [0.2, 0.25) is 0 Å². The van der Waals surface area contributed by atoms with Crippen molar-refractivity contribution in [3.8, 4) is 95.5 Å². The molecule has 74 heavy (non-hydrogen) atoms. The summed E-state index contributed by atoms with van der Waals surface area (Å²) in [6.45, 7) is 0. The zero-order valence-electron chi connectivity index (χ0n) is 46.6. The highest BCUT2D eigenvalue weighted by Gasteiger charge is 2.20. The number of aromatic nitrogens is 4. The highest BCUT2D eigenvalue weighted by Crippen LogP contribution is 2.43. The molecule has 0 saturated carbocycles. The summed E-state index contributed by atoms with van der Waals surface area (Å²) < 4.78 is 66.9. The van der Waals surface area contributed by atoms with Crippen LogP contribution in [-0.4, -0.2) is 19.5 Å². The Bertz CT molecular complexity index is 4860. The standard InChI is InChI=1S/C69H44N4S/c1-3-18-45(19-4-1)47-22-13-23-48(40-47)49-24-14-25-50(41-49)51-26-15-28-54(42-51)67-70-68(72-69(71-67)60-32-9-12-37-64(60)73-62-35-10-7-30-57(62)58-31-8-11-36-63(58)73)55-29-16-27-53(43-55)56-33-17-34-59-61-44-52(46-20-5-2-6-21-46)38-39-65(61)74-66(56)59/h1-44H/i7D,8D,10D,30D,31D,35D,36D. The maximum absolute atomic E-state index is 9.31. The number of fused-ring (bicyclic) bond motifs is 6. The van der Waals surface area contributed by atoms with E-state index in [1.54, 1.807) is 22.0 Å². The van der Waals surface area contributed by atoms with E-state index < -0.39 is 12.1 Å². The lowest BCUT2D eigenvalue weighted by atomic mass is 9.95. The molecule has 0 bridgehead atoms. The molecular weight excluding hydrogens is 917 g/mol. The van der Waals surface area contributed by atoms with Gasteiger partial charge in [0.05, 0.1) is 26.3 Å². The summed E-state index contributed by atoms with van der Waals surface area (Å²) in [6.07, 6.45) is 0. The molecule has 14 rings (SSSR count). The first-order valence-electron chi connectivity index (χ1n) is 27.9. The summed E-state index contributed by atoms with van der Waals surface area (Å²) >= 11 is 1.77. The van der Waals surface area contributed by atoms with Gasteiger partial charge in [-0.15, -0.1) is 11.3 Å². The maximum atomic E-state index is 9.31. The van der Waals surface area contributed by atoms with Crippen LogP contribution in [0.25, 0.3) is 137 Å². The topological polar surface area (TPSA) is 43.6 Å². The van der Waals surface area contributed by atoms with Gasteiger partial charge in [-0.1, -0.05) is 206 Å². The van der Waals surface area contributed by atoms with Gasteiger partial charge in [0, 0.05) is 47.6 Å². The molecule has 346 valence electrons. The molecule has 3 heterocycles. The minimum Gasteiger partial charge on any atom is -0.309 e. The van der Waals surface area contributed by atoms with Crippen LogP contribution < -0.4 is 0 Å². The SMILES string of the molecule is [2H]c1cc([2H])c2c(c1[2H])c1c([2H])c([2H])c([2H])c([2H])c1n2-c1ccccc1-c1nc(-c2cccc(-c3cccc(-c4cccc(-c5ccccc5)c4)c3)c2)nc(-c2cccc(-c3cccc4c3sc3ccc(-c5ccccc5)cc34)c2)n1. The van der Waals surface area contributed by atoms with Crippen LogP contribution in [0.2, 0.25) is 0 Å². The van der Waals surface area contributed by atoms with Crippen molar-refractivity contribution in [1.82, 2.24) is 19.5 Å². The highest BCUT2D eigenvalue weighted by atomic mass is 32.1. The van der Waals surface area contributed by atoms with E-state index in [4.69, 9.17) is 21.8 Å². The molecule has 0 aliphatic carbocycles. The molecule has 0 radical (unpaired) electrons. The minimum absolute atomic E-state index is 0.0577. The number of rotatable bonds is 9. The Balaban J connectivity index is 0.948. The first-order valence-corrected chi connectivity index (χ1v) is 25.2. The third kappa shape index (κ3) is 7.75. The largest absolute Gasteiger partial charge is 0.309 e. The zero-order valence-corrected chi connectivity index (χ0v) is 40.4. The van der Waals surface area contributed by atoms with Crippen LogP contribution in [0.5, 0.6) is 0 Å². The first-order chi connectivity index (χ1) is 39.6. The molecule has 0 atom stereocenters. The van der Waals surface area contributed by atoms with Crippen molar-refractivity contribution in [2.75, 3.05) is 0 Å². The van der Waals surface area contributed by atoms with Crippen LogP contribution in [0.3, 0.4) is 0 Å². The molecule has 3 aromatic heterocycles. The quantitative estimate of drug-likeness (QED) is 0.145. The lowest BCUT2D eigenvalue weighted by Crippen LogP contribution is -2.03. The molecule has 4 nitrogen and oxygen atoms in total. The van der Waals surface area contributed by atoms with Crippen molar-refractivity contribution >= 4 is 53.3 Å². The fourth-order valence-electron chi connectivity index (χ4n) is 10.2. The summed E-state index contributed by atoms with van der Waals surface area (Å²) in [6, 6.07) is 73.7. The Morgan fingerprint density at radius 1 is 0.311 bits per heavy atom. The second-order valence-corrected chi connectivity index (χ2v) is 19.3. The molecule has 0 aliphatic heterocycles. The van der Waals surface area contributed by atoms with Crippen LogP contribution in [0.4, 0.5) is 0 Å². The number of hydrogen-bond donors (Lipinski definition) is 0. The van der Waals surface area contributed by atoms with E-state index in [0.717, 1.165) is 71.5 Å². The van der Waals surface area contributed by atoms with Crippen molar-refractivity contribution in [3.63, 3.8) is 0 Å². The number of hydrogen-bond acceptors (Lipinski definition) is 4. The number of benzene rings is 11. The second-order valence-electron chi connectivity index (χ2n) is 18.2. The second kappa shape index (κ2) is 18.2. The predicted molar refractivity (Wildman–Crippen MR) is 311 cm³/mol. The molecule has 0 amide bonds. The molecule has 14 aromatic rings. The van der Waals surface area contributed by atoms with Gasteiger partial charge < -0.3 is 4.57 Å². The summed E-state index contributed by atoms with van der Waals surface area (Å²) in [5, 5.41) is 2.52. The van der Waals surface area contributed by atoms with E-state index in [9.17, 15) is 2.74 Å². The summed E-state index contributed by atoms with van der Waals surface area (Å²) in [4.78, 5) is 15.8. The van der Waals surface area contributed by atoms with E-state index in [2.05, 4.69) is 146 Å². The Kier molecular flexibility index (Phi) is 8.97. The Hall–Kier alpha value is -9.55. The molecule has 5 heteroatoms. The fourth-order valence-corrected chi connectivity index (χ4v) is 11.4. The lowest BCUT2D eigenvalue weighted by Gasteiger charge is -2.15. The van der Waals surface area contributed by atoms with Crippen molar-refractivity contribution in [2.45, 2.75) is 0 Å². The van der Waals surface area contributed by atoms with Gasteiger partial charge in [-0.05, 0) is 116 Å². The average molecular weight is 968 g/mol. The molecular formula is C69H44N4S. The van der Waals surface area contributed by atoms with Gasteiger partial charge in [0.25, 0.3) is 0 Å². The Morgan fingerprint density at radius 3 is 1.46 bits per heavy atom. The zero-order chi connectivity index (χ0) is 55.0. The highest BCUT2D eigenvalue weighted by molar-refractivity contribution is 7.26. The monoisotopic (exact) mass is 967 g/mol. The number of nitrogens with zero attached hydrogens (tertiary/aromatic N) is 4. The van der Waals surface area contributed by atoms with Crippen LogP contribution >= 0.6 is 11.3 Å². The summed E-state index contributed by atoms with van der Waals surface area (Å²) in [5.74, 6) is 1.06. The van der Waals surface area contributed by atoms with Gasteiger partial charge in [0.15, 0.2) is 17.5 Å². The van der Waals surface area contributed by atoms with Gasteiger partial charge in [-0.2, -0.15) is 0 Å². The van der Waals surface area contributed by atoms with Gasteiger partial charge >= 0.3 is 0 Å². The third-order valence-corrected chi connectivity index (χ3v) is 15.0. The van der Waals surface area contributed by atoms with E-state index in [-0.39, 0.29) is 57.8 Å². The molecule has 0 saturated heterocycles. The van der Waals surface area contributed by atoms with E-state index >= 15 is 0 Å². The maximum Gasteiger partial charge on any atom is 0.166 e.